The van der Waals surface area contributed by atoms with Crippen molar-refractivity contribution in [3.05, 3.63) is 83.4 Å². The lowest BCUT2D eigenvalue weighted by Gasteiger charge is -1.98. The third-order valence-corrected chi connectivity index (χ3v) is 3.41. The molecule has 0 heterocycles. The van der Waals surface area contributed by atoms with Gasteiger partial charge in [-0.3, -0.25) is 0 Å². The molecular weight excluding hydrogens is 216 g/mol. The zero-order valence-corrected chi connectivity index (χ0v) is 10.3. The average molecular weight is 232 g/mol. The van der Waals surface area contributed by atoms with Crippen molar-refractivity contribution in [2.75, 3.05) is 0 Å². The Kier molecular flexibility index (Phi) is 3.10. The summed E-state index contributed by atoms with van der Waals surface area (Å²) in [6.45, 7) is 0. The third-order valence-electron chi connectivity index (χ3n) is 3.41. The molecule has 0 saturated carbocycles. The highest BCUT2D eigenvalue weighted by molar-refractivity contribution is 5.74. The van der Waals surface area contributed by atoms with Gasteiger partial charge in [-0.2, -0.15) is 0 Å². The van der Waals surface area contributed by atoms with Crippen LogP contribution in [0.2, 0.25) is 0 Å². The lowest BCUT2D eigenvalue weighted by molar-refractivity contribution is 1.08. The van der Waals surface area contributed by atoms with E-state index in [1.165, 1.54) is 35.1 Å². The minimum atomic E-state index is 1.17. The molecule has 1 aliphatic carbocycles. The second-order valence-corrected chi connectivity index (χ2v) is 4.62. The summed E-state index contributed by atoms with van der Waals surface area (Å²) in [7, 11) is 0. The number of aryl methyl sites for hydroxylation is 1. The molecule has 0 bridgehead atoms. The minimum Gasteiger partial charge on any atom is -0.0622 e. The summed E-state index contributed by atoms with van der Waals surface area (Å²) in [6, 6.07) is 19.1. The van der Waals surface area contributed by atoms with Gasteiger partial charge in [-0.25, -0.2) is 0 Å². The Morgan fingerprint density at radius 1 is 0.778 bits per heavy atom. The number of rotatable bonds is 2. The molecule has 0 fully saturated rings. The van der Waals surface area contributed by atoms with Gasteiger partial charge in [0.15, 0.2) is 0 Å². The first-order valence-electron chi connectivity index (χ1n) is 6.44. The van der Waals surface area contributed by atoms with Crippen LogP contribution in [0.25, 0.3) is 11.6 Å². The second-order valence-electron chi connectivity index (χ2n) is 4.62. The second kappa shape index (κ2) is 5.05. The van der Waals surface area contributed by atoms with Crippen molar-refractivity contribution in [3.63, 3.8) is 0 Å². The standard InChI is InChI=1S/C18H16/c1-2-7-15(8-3-1)9-6-11-17-14-13-16-10-4-5-12-18(16)17/h1-12H,13-14H2/b9-6+,17-11+. The van der Waals surface area contributed by atoms with Gasteiger partial charge in [-0.05, 0) is 35.1 Å². The van der Waals surface area contributed by atoms with E-state index in [0.29, 0.717) is 0 Å². The molecule has 0 heteroatoms. The van der Waals surface area contributed by atoms with E-state index in [9.17, 15) is 0 Å². The van der Waals surface area contributed by atoms with E-state index in [-0.39, 0.29) is 0 Å². The SMILES string of the molecule is C(=C\c1ccccc1)/C=C1\CCc2ccccc21. The van der Waals surface area contributed by atoms with E-state index < -0.39 is 0 Å². The van der Waals surface area contributed by atoms with Crippen LogP contribution in [0.15, 0.2) is 66.7 Å². The molecule has 2 aromatic rings. The van der Waals surface area contributed by atoms with Crippen molar-refractivity contribution < 1.29 is 0 Å². The quantitative estimate of drug-likeness (QED) is 0.702. The summed E-state index contributed by atoms with van der Waals surface area (Å²) in [6.07, 6.45) is 8.92. The molecule has 0 atom stereocenters. The summed E-state index contributed by atoms with van der Waals surface area (Å²) in [5.74, 6) is 0. The number of fused-ring (bicyclic) bond motifs is 1. The van der Waals surface area contributed by atoms with Crippen LogP contribution in [-0.4, -0.2) is 0 Å². The van der Waals surface area contributed by atoms with Crippen molar-refractivity contribution >= 4 is 11.6 Å². The van der Waals surface area contributed by atoms with Crippen LogP contribution in [0.5, 0.6) is 0 Å². The molecule has 18 heavy (non-hydrogen) atoms. The first kappa shape index (κ1) is 11.0. The van der Waals surface area contributed by atoms with Gasteiger partial charge in [0, 0.05) is 0 Å². The molecule has 0 saturated heterocycles. The molecule has 0 aromatic heterocycles. The Balaban J connectivity index is 1.81. The normalized spacial score (nSPS) is 16.3. The zero-order chi connectivity index (χ0) is 12.2. The first-order chi connectivity index (χ1) is 8.93. The summed E-state index contributed by atoms with van der Waals surface area (Å²) in [4.78, 5) is 0. The Bertz CT molecular complexity index is 588. The fourth-order valence-corrected chi connectivity index (χ4v) is 2.47. The number of benzene rings is 2. The van der Waals surface area contributed by atoms with Crippen molar-refractivity contribution in [3.8, 4) is 0 Å². The molecule has 0 aliphatic heterocycles. The predicted molar refractivity (Wildman–Crippen MR) is 78.2 cm³/mol. The molecule has 2 aromatic carbocycles. The van der Waals surface area contributed by atoms with Gasteiger partial charge >= 0.3 is 0 Å². The predicted octanol–water partition coefficient (Wildman–Crippen LogP) is 4.73. The maximum absolute atomic E-state index is 2.25. The largest absolute Gasteiger partial charge is 0.0622 e. The van der Waals surface area contributed by atoms with Crippen molar-refractivity contribution in [2.24, 2.45) is 0 Å². The highest BCUT2D eigenvalue weighted by Gasteiger charge is 2.13. The van der Waals surface area contributed by atoms with Gasteiger partial charge in [-0.15, -0.1) is 0 Å². The van der Waals surface area contributed by atoms with E-state index in [4.69, 9.17) is 0 Å². The van der Waals surface area contributed by atoms with Crippen LogP contribution in [0, 0.1) is 0 Å². The lowest BCUT2D eigenvalue weighted by atomic mass is 10.1. The Hall–Kier alpha value is -2.08. The number of hydrogen-bond acceptors (Lipinski definition) is 0. The molecular formula is C18H16. The molecule has 0 nitrogen and oxygen atoms in total. The molecule has 0 radical (unpaired) electrons. The molecule has 3 rings (SSSR count). The fraction of sp³-hybridized carbons (Fsp3) is 0.111. The maximum Gasteiger partial charge on any atom is -0.0192 e. The smallest absolute Gasteiger partial charge is 0.0192 e. The topological polar surface area (TPSA) is 0 Å². The Morgan fingerprint density at radius 2 is 1.56 bits per heavy atom. The lowest BCUT2D eigenvalue weighted by Crippen LogP contribution is -1.78. The number of hydrogen-bond donors (Lipinski definition) is 0. The van der Waals surface area contributed by atoms with Crippen LogP contribution in [-0.2, 0) is 6.42 Å². The third kappa shape index (κ3) is 2.28. The minimum absolute atomic E-state index is 1.17. The molecule has 0 N–H and O–H groups in total. The molecule has 88 valence electrons. The maximum atomic E-state index is 2.25. The fourth-order valence-electron chi connectivity index (χ4n) is 2.47. The molecule has 0 amide bonds. The average Bonchev–Trinajstić information content (AvgIpc) is 2.84. The van der Waals surface area contributed by atoms with E-state index in [1.54, 1.807) is 0 Å². The highest BCUT2D eigenvalue weighted by Crippen LogP contribution is 2.31. The summed E-state index contributed by atoms with van der Waals surface area (Å²) in [5.41, 5.74) is 5.62. The Morgan fingerprint density at radius 3 is 2.44 bits per heavy atom. The zero-order valence-electron chi connectivity index (χ0n) is 10.3. The van der Waals surface area contributed by atoms with Gasteiger partial charge in [0.2, 0.25) is 0 Å². The Labute approximate surface area is 108 Å². The van der Waals surface area contributed by atoms with Crippen LogP contribution in [0.1, 0.15) is 23.1 Å². The monoisotopic (exact) mass is 232 g/mol. The van der Waals surface area contributed by atoms with Crippen LogP contribution < -0.4 is 0 Å². The van der Waals surface area contributed by atoms with Crippen LogP contribution in [0.4, 0.5) is 0 Å². The van der Waals surface area contributed by atoms with E-state index in [0.717, 1.165) is 0 Å². The summed E-state index contributed by atoms with van der Waals surface area (Å²) in [5, 5.41) is 0. The van der Waals surface area contributed by atoms with E-state index in [1.807, 2.05) is 6.07 Å². The van der Waals surface area contributed by atoms with Gasteiger partial charge in [0.25, 0.3) is 0 Å². The van der Waals surface area contributed by atoms with Crippen molar-refractivity contribution in [1.82, 2.24) is 0 Å². The molecule has 1 aliphatic rings. The van der Waals surface area contributed by atoms with Gasteiger partial charge in [0.05, 0.1) is 0 Å². The van der Waals surface area contributed by atoms with Crippen molar-refractivity contribution in [1.29, 1.82) is 0 Å². The summed E-state index contributed by atoms with van der Waals surface area (Å²) >= 11 is 0. The molecule has 0 spiro atoms. The van der Waals surface area contributed by atoms with E-state index >= 15 is 0 Å². The molecule has 0 unspecified atom stereocenters. The first-order valence-corrected chi connectivity index (χ1v) is 6.44. The van der Waals surface area contributed by atoms with Gasteiger partial charge < -0.3 is 0 Å². The highest BCUT2D eigenvalue weighted by atomic mass is 14.2. The van der Waals surface area contributed by atoms with Gasteiger partial charge in [0.1, 0.15) is 0 Å². The van der Waals surface area contributed by atoms with Crippen LogP contribution in [0.3, 0.4) is 0 Å². The van der Waals surface area contributed by atoms with Gasteiger partial charge in [-0.1, -0.05) is 72.8 Å². The van der Waals surface area contributed by atoms with Crippen LogP contribution >= 0.6 is 0 Å². The number of allylic oxidation sites excluding steroid dienone is 3. The summed E-state index contributed by atoms with van der Waals surface area (Å²) < 4.78 is 0. The van der Waals surface area contributed by atoms with E-state index in [2.05, 4.69) is 66.8 Å². The van der Waals surface area contributed by atoms with Crippen molar-refractivity contribution in [2.45, 2.75) is 12.8 Å².